The minimum atomic E-state index is -0.750. The SMILES string of the molecule is CC(C)(C)[O-].CCOC(=O)C(C)c1ccc([N+](=O)[O-])c(Cl)c1.[K+]. The number of esters is 1. The Hall–Kier alpha value is -0.0236. The van der Waals surface area contributed by atoms with Crippen molar-refractivity contribution in [2.24, 2.45) is 0 Å². The number of carbonyl (C=O) groups is 1. The number of nitro groups is 1. The van der Waals surface area contributed by atoms with E-state index in [9.17, 15) is 20.0 Å². The molecule has 0 aromatic heterocycles. The molecule has 0 N–H and O–H groups in total. The number of hydrogen-bond acceptors (Lipinski definition) is 5. The molecule has 0 aliphatic heterocycles. The standard InChI is InChI=1S/C11H12ClNO4.C4H9O.K/c1-3-17-11(14)7(2)8-4-5-10(13(15)16)9(12)6-8;1-4(2,3)5;/h4-7H,3H2,1-2H3;1-3H3;/q;-1;+1. The summed E-state index contributed by atoms with van der Waals surface area (Å²) < 4.78 is 4.86. The van der Waals surface area contributed by atoms with Crippen molar-refractivity contribution < 1.29 is 70.9 Å². The average molecular weight is 370 g/mol. The zero-order valence-corrected chi connectivity index (χ0v) is 18.3. The Morgan fingerprint density at radius 2 is 1.87 bits per heavy atom. The van der Waals surface area contributed by atoms with Gasteiger partial charge in [0.05, 0.1) is 17.4 Å². The summed E-state index contributed by atoms with van der Waals surface area (Å²) in [6, 6.07) is 4.21. The molecule has 124 valence electrons. The second-order valence-electron chi connectivity index (χ2n) is 5.55. The van der Waals surface area contributed by atoms with E-state index >= 15 is 0 Å². The van der Waals surface area contributed by atoms with E-state index in [1.807, 2.05) is 0 Å². The molecule has 0 spiro atoms. The van der Waals surface area contributed by atoms with Crippen LogP contribution < -0.4 is 56.5 Å². The Balaban J connectivity index is 0. The first-order chi connectivity index (χ1) is 9.97. The van der Waals surface area contributed by atoms with E-state index in [-0.39, 0.29) is 68.1 Å². The Bertz CT molecular complexity index is 525. The zero-order chi connectivity index (χ0) is 17.5. The van der Waals surface area contributed by atoms with Crippen molar-refractivity contribution in [1.82, 2.24) is 0 Å². The van der Waals surface area contributed by atoms with E-state index in [1.54, 1.807) is 34.6 Å². The first-order valence-corrected chi connectivity index (χ1v) is 7.16. The first kappa shape index (κ1) is 25.2. The van der Waals surface area contributed by atoms with Crippen molar-refractivity contribution in [3.05, 3.63) is 38.9 Å². The minimum Gasteiger partial charge on any atom is -0.850 e. The number of nitrogens with zero attached hydrogens (tertiary/aromatic N) is 1. The van der Waals surface area contributed by atoms with Gasteiger partial charge in [-0.2, -0.15) is 0 Å². The van der Waals surface area contributed by atoms with Crippen LogP contribution >= 0.6 is 11.6 Å². The maximum atomic E-state index is 11.5. The van der Waals surface area contributed by atoms with Gasteiger partial charge in [0.25, 0.3) is 5.69 Å². The Kier molecular flexibility index (Phi) is 12.6. The van der Waals surface area contributed by atoms with Crippen LogP contribution in [0.25, 0.3) is 0 Å². The molecule has 0 saturated heterocycles. The summed E-state index contributed by atoms with van der Waals surface area (Å²) in [7, 11) is 0. The van der Waals surface area contributed by atoms with Gasteiger partial charge >= 0.3 is 57.4 Å². The number of rotatable bonds is 4. The second-order valence-corrected chi connectivity index (χ2v) is 5.96. The Labute approximate surface area is 184 Å². The molecule has 1 rings (SSSR count). The van der Waals surface area contributed by atoms with E-state index in [4.69, 9.17) is 16.3 Å². The third kappa shape index (κ3) is 11.2. The Morgan fingerprint density at radius 1 is 1.39 bits per heavy atom. The summed E-state index contributed by atoms with van der Waals surface area (Å²) in [5, 5.41) is 20.7. The number of hydrogen-bond donors (Lipinski definition) is 0. The molecule has 8 heteroatoms. The van der Waals surface area contributed by atoms with Gasteiger partial charge in [0.1, 0.15) is 5.02 Å². The van der Waals surface area contributed by atoms with Gasteiger partial charge in [0, 0.05) is 6.07 Å². The molecule has 6 nitrogen and oxygen atoms in total. The maximum Gasteiger partial charge on any atom is 1.00 e. The number of benzene rings is 1. The van der Waals surface area contributed by atoms with Crippen molar-refractivity contribution in [3.8, 4) is 0 Å². The number of carbonyl (C=O) groups excluding carboxylic acids is 1. The van der Waals surface area contributed by atoms with Crippen molar-refractivity contribution in [2.75, 3.05) is 6.61 Å². The number of halogens is 1. The molecule has 1 aromatic carbocycles. The molecule has 0 aliphatic carbocycles. The molecule has 0 saturated carbocycles. The molecule has 23 heavy (non-hydrogen) atoms. The van der Waals surface area contributed by atoms with Crippen LogP contribution in [-0.4, -0.2) is 23.1 Å². The van der Waals surface area contributed by atoms with Gasteiger partial charge in [-0.25, -0.2) is 0 Å². The van der Waals surface area contributed by atoms with E-state index < -0.39 is 16.4 Å². The summed E-state index contributed by atoms with van der Waals surface area (Å²) in [4.78, 5) is 21.5. The average Bonchev–Trinajstić information content (AvgIpc) is 2.35. The fourth-order valence-corrected chi connectivity index (χ4v) is 1.60. The zero-order valence-electron chi connectivity index (χ0n) is 14.4. The number of ether oxygens (including phenoxy) is 1. The van der Waals surface area contributed by atoms with Gasteiger partial charge in [-0.05, 0) is 25.5 Å². The van der Waals surface area contributed by atoms with Crippen molar-refractivity contribution in [1.29, 1.82) is 0 Å². The summed E-state index contributed by atoms with van der Waals surface area (Å²) in [6.45, 7) is 8.57. The fraction of sp³-hybridized carbons (Fsp3) is 0.533. The van der Waals surface area contributed by atoms with Crippen LogP contribution in [0.5, 0.6) is 0 Å². The summed E-state index contributed by atoms with van der Waals surface area (Å²) in [5.74, 6) is -0.870. The van der Waals surface area contributed by atoms with Gasteiger partial charge in [0.15, 0.2) is 0 Å². The van der Waals surface area contributed by atoms with Crippen LogP contribution in [0.2, 0.25) is 5.02 Å². The number of nitro benzene ring substituents is 1. The summed E-state index contributed by atoms with van der Waals surface area (Å²) >= 11 is 5.76. The molecule has 0 radical (unpaired) electrons. The molecule has 0 aliphatic rings. The third-order valence-electron chi connectivity index (χ3n) is 2.31. The molecule has 0 heterocycles. The minimum absolute atomic E-state index is 0. The van der Waals surface area contributed by atoms with Crippen LogP contribution in [-0.2, 0) is 9.53 Å². The van der Waals surface area contributed by atoms with E-state index in [0.717, 1.165) is 0 Å². The van der Waals surface area contributed by atoms with Crippen molar-refractivity contribution in [3.63, 3.8) is 0 Å². The largest absolute Gasteiger partial charge is 1.00 e. The van der Waals surface area contributed by atoms with Crippen LogP contribution in [0.4, 0.5) is 5.69 Å². The molecule has 0 bridgehead atoms. The van der Waals surface area contributed by atoms with Crippen LogP contribution in [0.3, 0.4) is 0 Å². The van der Waals surface area contributed by atoms with Crippen molar-refractivity contribution in [2.45, 2.75) is 46.1 Å². The van der Waals surface area contributed by atoms with Crippen molar-refractivity contribution >= 4 is 23.3 Å². The normalized spacial score (nSPS) is 11.4. The van der Waals surface area contributed by atoms with Gasteiger partial charge < -0.3 is 9.84 Å². The van der Waals surface area contributed by atoms with Crippen LogP contribution in [0, 0.1) is 10.1 Å². The van der Waals surface area contributed by atoms with Gasteiger partial charge in [-0.1, -0.05) is 38.4 Å². The van der Waals surface area contributed by atoms with E-state index in [2.05, 4.69) is 0 Å². The van der Waals surface area contributed by atoms with Gasteiger partial charge in [-0.15, -0.1) is 5.60 Å². The van der Waals surface area contributed by atoms with Crippen LogP contribution in [0.1, 0.15) is 46.1 Å². The van der Waals surface area contributed by atoms with Gasteiger partial charge in [-0.3, -0.25) is 14.9 Å². The molecule has 1 unspecified atom stereocenters. The monoisotopic (exact) mass is 369 g/mol. The molecule has 0 fully saturated rings. The Morgan fingerprint density at radius 3 is 2.22 bits per heavy atom. The summed E-state index contributed by atoms with van der Waals surface area (Å²) in [6.07, 6.45) is 0. The predicted molar refractivity (Wildman–Crippen MR) is 82.9 cm³/mol. The first-order valence-electron chi connectivity index (χ1n) is 6.78. The van der Waals surface area contributed by atoms with E-state index in [0.29, 0.717) is 12.2 Å². The molecular weight excluding hydrogens is 349 g/mol. The molecule has 0 amide bonds. The second kappa shape index (κ2) is 11.5. The topological polar surface area (TPSA) is 92.5 Å². The fourth-order valence-electron chi connectivity index (χ4n) is 1.34. The quantitative estimate of drug-likeness (QED) is 0.324. The third-order valence-corrected chi connectivity index (χ3v) is 2.61. The molecular formula is C15H21ClKNO5. The van der Waals surface area contributed by atoms with E-state index in [1.165, 1.54) is 18.2 Å². The molecule has 1 atom stereocenters. The summed E-state index contributed by atoms with van der Waals surface area (Å²) in [5.41, 5.74) is -0.328. The van der Waals surface area contributed by atoms with Crippen LogP contribution in [0.15, 0.2) is 18.2 Å². The molecule has 1 aromatic rings. The maximum absolute atomic E-state index is 11.5. The predicted octanol–water partition coefficient (Wildman–Crippen LogP) is 0.0640. The van der Waals surface area contributed by atoms with Gasteiger partial charge in [0.2, 0.25) is 0 Å². The smallest absolute Gasteiger partial charge is 0.850 e.